The molecule has 5 rings (SSSR count). The Hall–Kier alpha value is -4.40. The Balaban J connectivity index is 1.31. The van der Waals surface area contributed by atoms with E-state index in [1.807, 2.05) is 22.9 Å². The standard InChI is InChI=1S/C27H24N4O6S/c28-15-20-14-22(16-30-27(20)36-17-18-8-11-35-12-9-18)38(33,34)31-26(32)23-3-1-2-4-25(23)37-21-5-6-24-19(13-21)7-10-29-24/h1-7,10,13-14,16,18,29H,8-9,11-12,17H2,(H,31,32). The van der Waals surface area contributed by atoms with Gasteiger partial charge < -0.3 is 19.2 Å². The molecule has 0 atom stereocenters. The summed E-state index contributed by atoms with van der Waals surface area (Å²) >= 11 is 0. The minimum Gasteiger partial charge on any atom is -0.476 e. The van der Waals surface area contributed by atoms with Gasteiger partial charge in [0.15, 0.2) is 0 Å². The van der Waals surface area contributed by atoms with E-state index < -0.39 is 15.9 Å². The molecule has 1 aliphatic rings. The van der Waals surface area contributed by atoms with Crippen molar-refractivity contribution < 1.29 is 27.4 Å². The summed E-state index contributed by atoms with van der Waals surface area (Å²) in [4.78, 5) is 19.8. The van der Waals surface area contributed by atoms with E-state index in [1.54, 1.807) is 36.5 Å². The summed E-state index contributed by atoms with van der Waals surface area (Å²) in [6.07, 6.45) is 4.54. The second-order valence-corrected chi connectivity index (χ2v) is 10.4. The number of fused-ring (bicyclic) bond motifs is 1. The van der Waals surface area contributed by atoms with Crippen LogP contribution in [0.2, 0.25) is 0 Å². The molecule has 2 aromatic carbocycles. The summed E-state index contributed by atoms with van der Waals surface area (Å²) in [6, 6.07) is 16.6. The number of aromatic nitrogens is 2. The lowest BCUT2D eigenvalue weighted by Gasteiger charge is -2.22. The molecule has 1 aliphatic heterocycles. The normalized spacial score (nSPS) is 14.1. The number of sulfonamides is 1. The molecule has 38 heavy (non-hydrogen) atoms. The number of hydrogen-bond acceptors (Lipinski definition) is 8. The van der Waals surface area contributed by atoms with Gasteiger partial charge in [-0.05, 0) is 61.2 Å². The quantitative estimate of drug-likeness (QED) is 0.344. The van der Waals surface area contributed by atoms with Gasteiger partial charge in [-0.15, -0.1) is 0 Å². The number of ether oxygens (including phenoxy) is 3. The smallest absolute Gasteiger partial charge is 0.268 e. The number of nitrogens with one attached hydrogen (secondary N) is 2. The molecular weight excluding hydrogens is 508 g/mol. The van der Waals surface area contributed by atoms with Gasteiger partial charge in [0.2, 0.25) is 5.88 Å². The van der Waals surface area contributed by atoms with Crippen LogP contribution in [0.5, 0.6) is 17.4 Å². The fourth-order valence-corrected chi connectivity index (χ4v) is 5.02. The number of rotatable bonds is 8. The fraction of sp³-hybridized carbons (Fsp3) is 0.222. The molecule has 1 amide bonds. The Bertz CT molecular complexity index is 1620. The van der Waals surface area contributed by atoms with Crippen LogP contribution >= 0.6 is 0 Å². The molecule has 11 heteroatoms. The topological polar surface area (TPSA) is 143 Å². The predicted molar refractivity (Wildman–Crippen MR) is 137 cm³/mol. The highest BCUT2D eigenvalue weighted by Crippen LogP contribution is 2.28. The van der Waals surface area contributed by atoms with Gasteiger partial charge in [0.1, 0.15) is 28.0 Å². The van der Waals surface area contributed by atoms with E-state index in [0.29, 0.717) is 25.6 Å². The van der Waals surface area contributed by atoms with Crippen LogP contribution < -0.4 is 14.2 Å². The zero-order chi connectivity index (χ0) is 26.5. The van der Waals surface area contributed by atoms with Gasteiger partial charge in [0, 0.05) is 30.3 Å². The van der Waals surface area contributed by atoms with Crippen LogP contribution in [-0.2, 0) is 14.8 Å². The van der Waals surface area contributed by atoms with Crippen molar-refractivity contribution in [2.45, 2.75) is 17.7 Å². The largest absolute Gasteiger partial charge is 0.476 e. The third-order valence-electron chi connectivity index (χ3n) is 6.16. The van der Waals surface area contributed by atoms with Crippen LogP contribution in [0, 0.1) is 17.2 Å². The molecule has 10 nitrogen and oxygen atoms in total. The minimum atomic E-state index is -4.35. The Labute approximate surface area is 219 Å². The number of carbonyl (C=O) groups excluding carboxylic acids is 1. The second-order valence-electron chi connectivity index (χ2n) is 8.76. The molecular formula is C27H24N4O6S. The van der Waals surface area contributed by atoms with Gasteiger partial charge in [-0.25, -0.2) is 18.1 Å². The predicted octanol–water partition coefficient (Wildman–Crippen LogP) is 4.15. The monoisotopic (exact) mass is 532 g/mol. The van der Waals surface area contributed by atoms with Crippen LogP contribution in [0.3, 0.4) is 0 Å². The summed E-state index contributed by atoms with van der Waals surface area (Å²) in [5.74, 6) is 0.0956. The van der Waals surface area contributed by atoms with Crippen molar-refractivity contribution in [2.75, 3.05) is 19.8 Å². The number of para-hydroxylation sites is 1. The number of H-pyrrole nitrogens is 1. The highest BCUT2D eigenvalue weighted by Gasteiger charge is 2.24. The second kappa shape index (κ2) is 10.9. The Morgan fingerprint density at radius 3 is 2.79 bits per heavy atom. The zero-order valence-corrected chi connectivity index (χ0v) is 21.0. The lowest BCUT2D eigenvalue weighted by atomic mass is 10.0. The summed E-state index contributed by atoms with van der Waals surface area (Å²) in [5, 5.41) is 10.5. The molecule has 0 radical (unpaired) electrons. The number of aromatic amines is 1. The first-order chi connectivity index (χ1) is 18.4. The maximum Gasteiger partial charge on any atom is 0.268 e. The average molecular weight is 533 g/mol. The minimum absolute atomic E-state index is 0.0233. The Morgan fingerprint density at radius 1 is 1.16 bits per heavy atom. The van der Waals surface area contributed by atoms with Crippen LogP contribution in [-0.4, -0.2) is 44.1 Å². The first-order valence-electron chi connectivity index (χ1n) is 11.9. The maximum atomic E-state index is 13.0. The van der Waals surface area contributed by atoms with Crippen molar-refractivity contribution in [2.24, 2.45) is 5.92 Å². The van der Waals surface area contributed by atoms with Crippen LogP contribution in [0.15, 0.2) is 71.9 Å². The average Bonchev–Trinajstić information content (AvgIpc) is 3.40. The van der Waals surface area contributed by atoms with Crippen LogP contribution in [0.25, 0.3) is 10.9 Å². The van der Waals surface area contributed by atoms with Gasteiger partial charge in [0.25, 0.3) is 15.9 Å². The van der Waals surface area contributed by atoms with Gasteiger partial charge in [-0.3, -0.25) is 4.79 Å². The molecule has 0 spiro atoms. The van der Waals surface area contributed by atoms with Crippen molar-refractivity contribution in [1.82, 2.24) is 14.7 Å². The zero-order valence-electron chi connectivity index (χ0n) is 20.2. The van der Waals surface area contributed by atoms with Gasteiger partial charge in [-0.2, -0.15) is 5.26 Å². The van der Waals surface area contributed by atoms with Crippen LogP contribution in [0.1, 0.15) is 28.8 Å². The van der Waals surface area contributed by atoms with Gasteiger partial charge in [0.05, 0.1) is 18.4 Å². The SMILES string of the molecule is N#Cc1cc(S(=O)(=O)NC(=O)c2ccccc2Oc2ccc3[nH]ccc3c2)cnc1OCC1CCOCC1. The van der Waals surface area contributed by atoms with Crippen LogP contribution in [0.4, 0.5) is 0 Å². The fourth-order valence-electron chi connectivity index (χ4n) is 4.09. The van der Waals surface area contributed by atoms with E-state index in [0.717, 1.165) is 36.0 Å². The maximum absolute atomic E-state index is 13.0. The first kappa shape index (κ1) is 25.3. The molecule has 4 aromatic rings. The summed E-state index contributed by atoms with van der Waals surface area (Å²) in [7, 11) is -4.35. The number of amides is 1. The molecule has 2 N–H and O–H groups in total. The molecule has 0 bridgehead atoms. The van der Waals surface area contributed by atoms with Gasteiger partial charge >= 0.3 is 0 Å². The molecule has 1 saturated heterocycles. The molecule has 1 fully saturated rings. The molecule has 194 valence electrons. The van der Waals surface area contributed by atoms with E-state index >= 15 is 0 Å². The number of pyridine rings is 1. The summed E-state index contributed by atoms with van der Waals surface area (Å²) in [5.41, 5.74) is 0.909. The van der Waals surface area contributed by atoms with Crippen molar-refractivity contribution in [3.63, 3.8) is 0 Å². The lowest BCUT2D eigenvalue weighted by molar-refractivity contribution is 0.0490. The number of nitriles is 1. The third kappa shape index (κ3) is 5.61. The van der Waals surface area contributed by atoms with Gasteiger partial charge in [-0.1, -0.05) is 12.1 Å². The number of hydrogen-bond donors (Lipinski definition) is 2. The van der Waals surface area contributed by atoms with E-state index in [-0.39, 0.29) is 33.6 Å². The number of nitrogens with zero attached hydrogens (tertiary/aromatic N) is 2. The van der Waals surface area contributed by atoms with Crippen molar-refractivity contribution in [3.8, 4) is 23.4 Å². The molecule has 2 aromatic heterocycles. The lowest BCUT2D eigenvalue weighted by Crippen LogP contribution is -2.31. The number of carbonyl (C=O) groups is 1. The van der Waals surface area contributed by atoms with Crippen molar-refractivity contribution >= 4 is 26.8 Å². The molecule has 0 unspecified atom stereocenters. The number of benzene rings is 2. The molecule has 0 aliphatic carbocycles. The highest BCUT2D eigenvalue weighted by molar-refractivity contribution is 7.90. The highest BCUT2D eigenvalue weighted by atomic mass is 32.2. The van der Waals surface area contributed by atoms with Crippen molar-refractivity contribution in [3.05, 3.63) is 78.1 Å². The Morgan fingerprint density at radius 2 is 1.97 bits per heavy atom. The molecule has 0 saturated carbocycles. The van der Waals surface area contributed by atoms with E-state index in [4.69, 9.17) is 14.2 Å². The molecule has 3 heterocycles. The Kier molecular flexibility index (Phi) is 7.26. The summed E-state index contributed by atoms with van der Waals surface area (Å²) in [6.45, 7) is 1.65. The first-order valence-corrected chi connectivity index (χ1v) is 13.4. The third-order valence-corrected chi connectivity index (χ3v) is 7.46. The summed E-state index contributed by atoms with van der Waals surface area (Å²) < 4.78 is 45.0. The van der Waals surface area contributed by atoms with Crippen molar-refractivity contribution in [1.29, 1.82) is 5.26 Å². The van der Waals surface area contributed by atoms with E-state index in [1.165, 1.54) is 6.07 Å². The van der Waals surface area contributed by atoms with E-state index in [2.05, 4.69) is 9.97 Å². The van der Waals surface area contributed by atoms with E-state index in [9.17, 15) is 18.5 Å².